The Morgan fingerprint density at radius 2 is 0.667 bits per heavy atom. The zero-order valence-electron chi connectivity index (χ0n) is 26.2. The first-order chi connectivity index (χ1) is 23.8. The molecule has 0 bridgehead atoms. The molecule has 1 aliphatic rings. The third-order valence-corrected chi connectivity index (χ3v) is 10.8. The van der Waals surface area contributed by atoms with Crippen LogP contribution in [0.25, 0.3) is 109 Å². The van der Waals surface area contributed by atoms with Crippen LogP contribution in [0.15, 0.2) is 170 Å². The first-order valence-electron chi connectivity index (χ1n) is 16.8. The Kier molecular flexibility index (Phi) is 5.20. The Hall–Kier alpha value is -6.24. The summed E-state index contributed by atoms with van der Waals surface area (Å²) in [6.45, 7) is 0. The summed E-state index contributed by atoms with van der Waals surface area (Å²) >= 11 is 0. The van der Waals surface area contributed by atoms with Crippen molar-refractivity contribution in [3.05, 3.63) is 170 Å². The summed E-state index contributed by atoms with van der Waals surface area (Å²) in [5, 5.41) is 15.5. The Morgan fingerprint density at radius 1 is 0.208 bits per heavy atom. The van der Waals surface area contributed by atoms with Crippen molar-refractivity contribution in [2.75, 3.05) is 0 Å². The second-order valence-corrected chi connectivity index (χ2v) is 13.2. The van der Waals surface area contributed by atoms with E-state index in [0.29, 0.717) is 0 Å². The largest absolute Gasteiger partial charge is 0.0616 e. The van der Waals surface area contributed by atoms with Gasteiger partial charge in [-0.2, -0.15) is 0 Å². The maximum Gasteiger partial charge on any atom is -0.00201 e. The second-order valence-electron chi connectivity index (χ2n) is 13.2. The third kappa shape index (κ3) is 3.44. The van der Waals surface area contributed by atoms with Crippen LogP contribution in [0.1, 0.15) is 0 Å². The van der Waals surface area contributed by atoms with E-state index < -0.39 is 0 Å². The summed E-state index contributed by atoms with van der Waals surface area (Å²) in [5.74, 6) is 0. The van der Waals surface area contributed by atoms with Gasteiger partial charge in [0, 0.05) is 0 Å². The molecule has 0 spiro atoms. The molecule has 10 aromatic rings. The number of fused-ring (bicyclic) bond motifs is 9. The van der Waals surface area contributed by atoms with E-state index in [4.69, 9.17) is 0 Å². The minimum absolute atomic E-state index is 1.27. The van der Waals surface area contributed by atoms with Crippen LogP contribution < -0.4 is 0 Å². The maximum atomic E-state index is 2.37. The molecule has 0 heterocycles. The summed E-state index contributed by atoms with van der Waals surface area (Å²) in [4.78, 5) is 0. The number of benzene rings is 10. The van der Waals surface area contributed by atoms with Gasteiger partial charge in [-0.3, -0.25) is 0 Å². The molecule has 0 atom stereocenters. The Bertz CT molecular complexity index is 2910. The summed E-state index contributed by atoms with van der Waals surface area (Å²) < 4.78 is 0. The predicted molar refractivity (Wildman–Crippen MR) is 207 cm³/mol. The second kappa shape index (κ2) is 9.64. The van der Waals surface area contributed by atoms with Crippen LogP contribution in [-0.4, -0.2) is 0 Å². The van der Waals surface area contributed by atoms with E-state index in [-0.39, 0.29) is 0 Å². The minimum atomic E-state index is 1.27. The molecular formula is C48H28. The van der Waals surface area contributed by atoms with E-state index in [9.17, 15) is 0 Å². The quantitative estimate of drug-likeness (QED) is 0.136. The van der Waals surface area contributed by atoms with E-state index in [0.717, 1.165) is 0 Å². The van der Waals surface area contributed by atoms with Gasteiger partial charge in [0.25, 0.3) is 0 Å². The monoisotopic (exact) mass is 604 g/mol. The topological polar surface area (TPSA) is 0 Å². The van der Waals surface area contributed by atoms with Crippen molar-refractivity contribution < 1.29 is 0 Å². The average Bonchev–Trinajstić information content (AvgIpc) is 3.48. The molecule has 0 radical (unpaired) electrons. The molecule has 220 valence electrons. The fourth-order valence-corrected chi connectivity index (χ4v) is 8.74. The molecule has 0 N–H and O–H groups in total. The summed E-state index contributed by atoms with van der Waals surface area (Å²) in [6, 6.07) is 63.3. The van der Waals surface area contributed by atoms with Gasteiger partial charge in [-0.1, -0.05) is 158 Å². The molecule has 48 heavy (non-hydrogen) atoms. The van der Waals surface area contributed by atoms with Crippen molar-refractivity contribution in [3.8, 4) is 44.5 Å². The molecule has 0 unspecified atom stereocenters. The van der Waals surface area contributed by atoms with Crippen LogP contribution in [0.5, 0.6) is 0 Å². The fraction of sp³-hybridized carbons (Fsp3) is 0. The normalized spacial score (nSPS) is 12.2. The summed E-state index contributed by atoms with van der Waals surface area (Å²) in [7, 11) is 0. The van der Waals surface area contributed by atoms with Gasteiger partial charge in [-0.25, -0.2) is 0 Å². The van der Waals surface area contributed by atoms with Crippen molar-refractivity contribution in [1.82, 2.24) is 0 Å². The molecule has 0 nitrogen and oxygen atoms in total. The molecule has 11 rings (SSSR count). The SMILES string of the molecule is c1ccc2c(c1)-c1cccc3c(-c4c5ccccc5c(-c5cccc6c5ccc5cc7ccccc7cc56)c5ccccc45)ccc-2c13. The minimum Gasteiger partial charge on any atom is -0.0616 e. The molecule has 0 saturated heterocycles. The fourth-order valence-electron chi connectivity index (χ4n) is 8.74. The van der Waals surface area contributed by atoms with Gasteiger partial charge >= 0.3 is 0 Å². The summed E-state index contributed by atoms with van der Waals surface area (Å²) in [5.41, 5.74) is 10.5. The van der Waals surface area contributed by atoms with Gasteiger partial charge < -0.3 is 0 Å². The third-order valence-electron chi connectivity index (χ3n) is 10.8. The van der Waals surface area contributed by atoms with Crippen LogP contribution >= 0.6 is 0 Å². The van der Waals surface area contributed by atoms with E-state index in [1.807, 2.05) is 0 Å². The van der Waals surface area contributed by atoms with Crippen molar-refractivity contribution in [2.45, 2.75) is 0 Å². The highest BCUT2D eigenvalue weighted by atomic mass is 14.3. The highest BCUT2D eigenvalue weighted by Crippen LogP contribution is 2.52. The molecule has 10 aromatic carbocycles. The molecule has 0 aromatic heterocycles. The van der Waals surface area contributed by atoms with Gasteiger partial charge in [0.2, 0.25) is 0 Å². The predicted octanol–water partition coefficient (Wildman–Crippen LogP) is 13.6. The molecule has 0 fully saturated rings. The maximum absolute atomic E-state index is 2.37. The van der Waals surface area contributed by atoms with Crippen LogP contribution in [-0.2, 0) is 0 Å². The van der Waals surface area contributed by atoms with Gasteiger partial charge in [0.15, 0.2) is 0 Å². The van der Waals surface area contributed by atoms with Gasteiger partial charge in [0.1, 0.15) is 0 Å². The number of hydrogen-bond donors (Lipinski definition) is 0. The molecule has 0 saturated carbocycles. The average molecular weight is 605 g/mol. The highest BCUT2D eigenvalue weighted by Gasteiger charge is 2.24. The van der Waals surface area contributed by atoms with Crippen LogP contribution in [0.2, 0.25) is 0 Å². The van der Waals surface area contributed by atoms with Gasteiger partial charge in [-0.15, -0.1) is 0 Å². The van der Waals surface area contributed by atoms with Crippen LogP contribution in [0.4, 0.5) is 0 Å². The number of hydrogen-bond acceptors (Lipinski definition) is 0. The molecule has 0 amide bonds. The zero-order chi connectivity index (χ0) is 31.3. The lowest BCUT2D eigenvalue weighted by Crippen LogP contribution is -1.93. The van der Waals surface area contributed by atoms with Crippen molar-refractivity contribution in [2.24, 2.45) is 0 Å². The lowest BCUT2D eigenvalue weighted by atomic mass is 9.83. The molecule has 1 aliphatic carbocycles. The van der Waals surface area contributed by atoms with E-state index >= 15 is 0 Å². The standard InChI is InChI=1S/C48H28/c1-2-12-30-28-45-31(27-29(30)11-1)23-24-35-34(45)19-9-20-37(35)46-38-15-5-7-17-40(38)48(41-18-8-6-16-39(41)46)44-26-25-43-33-14-4-3-13-32(33)36-21-10-22-42(44)47(36)43/h1-28H. The summed E-state index contributed by atoms with van der Waals surface area (Å²) in [6.07, 6.45) is 0. The van der Waals surface area contributed by atoms with Crippen LogP contribution in [0, 0.1) is 0 Å². The molecular weight excluding hydrogens is 577 g/mol. The first-order valence-corrected chi connectivity index (χ1v) is 16.8. The highest BCUT2D eigenvalue weighted by molar-refractivity contribution is 6.28. The molecule has 0 heteroatoms. The van der Waals surface area contributed by atoms with Crippen LogP contribution in [0.3, 0.4) is 0 Å². The smallest absolute Gasteiger partial charge is 0.00201 e. The molecule has 0 aliphatic heterocycles. The number of rotatable bonds is 2. The van der Waals surface area contributed by atoms with Gasteiger partial charge in [-0.05, 0) is 121 Å². The lowest BCUT2D eigenvalue weighted by Gasteiger charge is -2.20. The zero-order valence-corrected chi connectivity index (χ0v) is 26.2. The Balaban J connectivity index is 1.24. The van der Waals surface area contributed by atoms with E-state index in [1.54, 1.807) is 0 Å². The lowest BCUT2D eigenvalue weighted by molar-refractivity contribution is 1.69. The first kappa shape index (κ1) is 25.9. The Morgan fingerprint density at radius 3 is 1.33 bits per heavy atom. The van der Waals surface area contributed by atoms with Crippen molar-refractivity contribution in [3.63, 3.8) is 0 Å². The van der Waals surface area contributed by atoms with Gasteiger partial charge in [0.05, 0.1) is 0 Å². The van der Waals surface area contributed by atoms with Crippen molar-refractivity contribution in [1.29, 1.82) is 0 Å². The van der Waals surface area contributed by atoms with Crippen molar-refractivity contribution >= 4 is 64.6 Å². The van der Waals surface area contributed by atoms with E-state index in [1.165, 1.54) is 109 Å². The van der Waals surface area contributed by atoms with E-state index in [2.05, 4.69) is 170 Å². The Labute approximate surface area is 278 Å².